The molecule has 0 unspecified atom stereocenters. The minimum Gasteiger partial charge on any atom is -0.389 e. The van der Waals surface area contributed by atoms with E-state index in [9.17, 15) is 10.1 Å². The van der Waals surface area contributed by atoms with E-state index in [0.29, 0.717) is 6.54 Å². The molecule has 0 saturated carbocycles. The lowest BCUT2D eigenvalue weighted by Crippen LogP contribution is -2.19. The summed E-state index contributed by atoms with van der Waals surface area (Å²) < 4.78 is 0. The van der Waals surface area contributed by atoms with Gasteiger partial charge in [-0.1, -0.05) is 55.0 Å². The van der Waals surface area contributed by atoms with Crippen LogP contribution < -0.4 is 10.6 Å². The summed E-state index contributed by atoms with van der Waals surface area (Å²) in [5.41, 5.74) is 5.35. The summed E-state index contributed by atoms with van der Waals surface area (Å²) >= 11 is 0. The van der Waals surface area contributed by atoms with Crippen molar-refractivity contribution in [3.8, 4) is 6.07 Å². The zero-order chi connectivity index (χ0) is 18.9. The Hall–Kier alpha value is -3.06. The first kappa shape index (κ1) is 19.3. The van der Waals surface area contributed by atoms with E-state index in [-0.39, 0.29) is 11.5 Å². The fraction of sp³-hybridized carbons (Fsp3) is 0.273. The number of benzene rings is 2. The van der Waals surface area contributed by atoms with E-state index in [4.69, 9.17) is 0 Å². The molecule has 4 heteroatoms. The Labute approximate surface area is 155 Å². The molecule has 0 aliphatic carbocycles. The molecule has 0 bridgehead atoms. The molecule has 1 amide bonds. The number of anilines is 1. The van der Waals surface area contributed by atoms with Crippen LogP contribution in [0.4, 0.5) is 5.69 Å². The summed E-state index contributed by atoms with van der Waals surface area (Å²) in [6, 6.07) is 16.2. The molecular weight excluding hydrogens is 322 g/mol. The van der Waals surface area contributed by atoms with Gasteiger partial charge in [0, 0.05) is 18.4 Å². The van der Waals surface area contributed by atoms with Crippen LogP contribution in [0.5, 0.6) is 0 Å². The number of hydrogen-bond acceptors (Lipinski definition) is 3. The lowest BCUT2D eigenvalue weighted by Gasteiger charge is -2.12. The van der Waals surface area contributed by atoms with Crippen molar-refractivity contribution in [2.75, 3.05) is 11.9 Å². The number of carbonyl (C=O) groups is 1. The van der Waals surface area contributed by atoms with Crippen LogP contribution in [-0.4, -0.2) is 12.5 Å². The molecule has 0 radical (unpaired) electrons. The van der Waals surface area contributed by atoms with Crippen LogP contribution in [0.2, 0.25) is 0 Å². The van der Waals surface area contributed by atoms with Gasteiger partial charge in [0.2, 0.25) is 0 Å². The Kier molecular flexibility index (Phi) is 6.99. The van der Waals surface area contributed by atoms with Gasteiger partial charge in [-0.25, -0.2) is 0 Å². The number of carbonyl (C=O) groups excluding carboxylic acids is 1. The van der Waals surface area contributed by atoms with E-state index in [1.54, 1.807) is 0 Å². The Balaban J connectivity index is 1.97. The smallest absolute Gasteiger partial charge is 0.267 e. The second kappa shape index (κ2) is 9.43. The molecular formula is C22H25N3O. The van der Waals surface area contributed by atoms with E-state index in [2.05, 4.69) is 41.8 Å². The van der Waals surface area contributed by atoms with E-state index < -0.39 is 0 Å². The number of nitriles is 1. The highest BCUT2D eigenvalue weighted by molar-refractivity contribution is 6.07. The van der Waals surface area contributed by atoms with Crippen LogP contribution in [0, 0.1) is 25.2 Å². The third kappa shape index (κ3) is 5.22. The lowest BCUT2D eigenvalue weighted by atomic mass is 10.1. The molecule has 2 aromatic rings. The van der Waals surface area contributed by atoms with Crippen molar-refractivity contribution in [1.29, 1.82) is 5.26 Å². The first-order chi connectivity index (χ1) is 12.5. The molecule has 4 nitrogen and oxygen atoms in total. The monoisotopic (exact) mass is 347 g/mol. The van der Waals surface area contributed by atoms with Crippen LogP contribution in [-0.2, 0) is 17.6 Å². The second-order valence-electron chi connectivity index (χ2n) is 6.28. The van der Waals surface area contributed by atoms with E-state index in [0.717, 1.165) is 29.7 Å². The highest BCUT2D eigenvalue weighted by atomic mass is 16.1. The Morgan fingerprint density at radius 1 is 1.15 bits per heavy atom. The van der Waals surface area contributed by atoms with E-state index >= 15 is 0 Å². The maximum Gasteiger partial charge on any atom is 0.267 e. The average Bonchev–Trinajstić information content (AvgIpc) is 2.64. The van der Waals surface area contributed by atoms with Gasteiger partial charge in [-0.3, -0.25) is 4.79 Å². The lowest BCUT2D eigenvalue weighted by molar-refractivity contribution is -0.112. The number of rotatable bonds is 7. The SMILES string of the molecule is CCc1cccc(C)c1NC(=O)/C(C#N)=C\NCCc1ccc(C)cc1. The normalized spacial score (nSPS) is 10.9. The molecule has 26 heavy (non-hydrogen) atoms. The number of nitrogens with zero attached hydrogens (tertiary/aromatic N) is 1. The predicted octanol–water partition coefficient (Wildman–Crippen LogP) is 4.04. The van der Waals surface area contributed by atoms with Crippen LogP contribution in [0.3, 0.4) is 0 Å². The molecule has 0 spiro atoms. The third-order valence-corrected chi connectivity index (χ3v) is 4.27. The van der Waals surface area contributed by atoms with Crippen molar-refractivity contribution in [3.05, 3.63) is 76.5 Å². The summed E-state index contributed by atoms with van der Waals surface area (Å²) in [4.78, 5) is 12.4. The van der Waals surface area contributed by atoms with Gasteiger partial charge in [0.15, 0.2) is 0 Å². The number of aryl methyl sites for hydroxylation is 3. The number of hydrogen-bond donors (Lipinski definition) is 2. The van der Waals surface area contributed by atoms with Crippen LogP contribution in [0.15, 0.2) is 54.2 Å². The van der Waals surface area contributed by atoms with Crippen LogP contribution in [0.1, 0.15) is 29.2 Å². The zero-order valence-corrected chi connectivity index (χ0v) is 15.6. The molecule has 0 heterocycles. The molecule has 0 fully saturated rings. The average molecular weight is 347 g/mol. The number of amides is 1. The minimum atomic E-state index is -0.390. The molecule has 2 rings (SSSR count). The van der Waals surface area contributed by atoms with E-state index in [1.807, 2.05) is 38.1 Å². The van der Waals surface area contributed by atoms with Crippen LogP contribution in [0.25, 0.3) is 0 Å². The topological polar surface area (TPSA) is 64.9 Å². The van der Waals surface area contributed by atoms with Gasteiger partial charge in [0.05, 0.1) is 0 Å². The minimum absolute atomic E-state index is 0.0687. The standard InChI is InChI=1S/C22H25N3O/c1-4-19-7-5-6-17(3)21(19)25-22(26)20(14-23)15-24-13-12-18-10-8-16(2)9-11-18/h5-11,15,24H,4,12-13H2,1-3H3,(H,25,26)/b20-15-. The molecule has 0 saturated heterocycles. The molecule has 2 N–H and O–H groups in total. The van der Waals surface area contributed by atoms with Gasteiger partial charge in [-0.15, -0.1) is 0 Å². The maximum atomic E-state index is 12.4. The summed E-state index contributed by atoms with van der Waals surface area (Å²) in [7, 11) is 0. The summed E-state index contributed by atoms with van der Waals surface area (Å²) in [6.45, 7) is 6.70. The summed E-state index contributed by atoms with van der Waals surface area (Å²) in [6.07, 6.45) is 3.14. The molecule has 2 aromatic carbocycles. The van der Waals surface area contributed by atoms with Crippen molar-refractivity contribution in [2.45, 2.75) is 33.6 Å². The molecule has 0 aliphatic heterocycles. The van der Waals surface area contributed by atoms with Gasteiger partial charge >= 0.3 is 0 Å². The quantitative estimate of drug-likeness (QED) is 0.451. The highest BCUT2D eigenvalue weighted by Gasteiger charge is 2.12. The first-order valence-electron chi connectivity index (χ1n) is 8.84. The molecule has 0 atom stereocenters. The third-order valence-electron chi connectivity index (χ3n) is 4.27. The molecule has 0 aliphatic rings. The van der Waals surface area contributed by atoms with Gasteiger partial charge in [0.25, 0.3) is 5.91 Å². The maximum absolute atomic E-state index is 12.4. The summed E-state index contributed by atoms with van der Waals surface area (Å²) in [5, 5.41) is 15.2. The fourth-order valence-electron chi connectivity index (χ4n) is 2.68. The first-order valence-corrected chi connectivity index (χ1v) is 8.84. The highest BCUT2D eigenvalue weighted by Crippen LogP contribution is 2.21. The molecule has 134 valence electrons. The largest absolute Gasteiger partial charge is 0.389 e. The fourth-order valence-corrected chi connectivity index (χ4v) is 2.68. The van der Waals surface area contributed by atoms with E-state index in [1.165, 1.54) is 17.3 Å². The van der Waals surface area contributed by atoms with Gasteiger partial charge in [0.1, 0.15) is 11.6 Å². The van der Waals surface area contributed by atoms with Crippen molar-refractivity contribution >= 4 is 11.6 Å². The van der Waals surface area contributed by atoms with Gasteiger partial charge < -0.3 is 10.6 Å². The van der Waals surface area contributed by atoms with Gasteiger partial charge in [-0.05, 0) is 43.4 Å². The predicted molar refractivity (Wildman–Crippen MR) is 106 cm³/mol. The number of para-hydroxylation sites is 1. The van der Waals surface area contributed by atoms with Crippen molar-refractivity contribution < 1.29 is 4.79 Å². The van der Waals surface area contributed by atoms with Gasteiger partial charge in [-0.2, -0.15) is 5.26 Å². The Bertz CT molecular complexity index is 829. The second-order valence-corrected chi connectivity index (χ2v) is 6.28. The van der Waals surface area contributed by atoms with Crippen molar-refractivity contribution in [1.82, 2.24) is 5.32 Å². The molecule has 0 aromatic heterocycles. The zero-order valence-electron chi connectivity index (χ0n) is 15.6. The Morgan fingerprint density at radius 2 is 1.88 bits per heavy atom. The van der Waals surface area contributed by atoms with Crippen molar-refractivity contribution in [2.24, 2.45) is 0 Å². The Morgan fingerprint density at radius 3 is 2.54 bits per heavy atom. The van der Waals surface area contributed by atoms with Crippen LogP contribution >= 0.6 is 0 Å². The summed E-state index contributed by atoms with van der Waals surface area (Å²) in [5.74, 6) is -0.390. The number of nitrogens with one attached hydrogen (secondary N) is 2. The van der Waals surface area contributed by atoms with Crippen molar-refractivity contribution in [3.63, 3.8) is 0 Å².